The molecule has 6 nitrogen and oxygen atoms in total. The van der Waals surface area contributed by atoms with Gasteiger partial charge < -0.3 is 19.2 Å². The molecule has 1 atom stereocenters. The van der Waals surface area contributed by atoms with Crippen LogP contribution in [0.2, 0.25) is 5.02 Å². The van der Waals surface area contributed by atoms with Crippen molar-refractivity contribution in [2.45, 2.75) is 64.5 Å². The van der Waals surface area contributed by atoms with Crippen LogP contribution in [0.15, 0.2) is 36.5 Å². The molecule has 1 unspecified atom stereocenters. The summed E-state index contributed by atoms with van der Waals surface area (Å²) < 4.78 is 83.8. The lowest BCUT2D eigenvalue weighted by molar-refractivity contribution is -0.141. The zero-order valence-corrected chi connectivity index (χ0v) is 24.2. The van der Waals surface area contributed by atoms with Gasteiger partial charge in [-0.05, 0) is 70.4 Å². The second-order valence-electron chi connectivity index (χ2n) is 11.7. The molecule has 0 bridgehead atoms. The first-order valence-corrected chi connectivity index (χ1v) is 13.8. The Balaban J connectivity index is 1.57. The lowest BCUT2D eigenvalue weighted by Gasteiger charge is -2.36. The van der Waals surface area contributed by atoms with Gasteiger partial charge in [-0.2, -0.15) is 13.2 Å². The fraction of sp³-hybridized carbons (Fsp3) is 0.379. The van der Waals surface area contributed by atoms with Gasteiger partial charge in [0.1, 0.15) is 11.7 Å². The van der Waals surface area contributed by atoms with E-state index in [9.17, 15) is 17.6 Å². The van der Waals surface area contributed by atoms with E-state index in [1.54, 1.807) is 12.1 Å². The Morgan fingerprint density at radius 3 is 2.40 bits per heavy atom. The van der Waals surface area contributed by atoms with Crippen LogP contribution < -0.4 is 10.4 Å². The molecule has 1 saturated heterocycles. The molecule has 0 spiro atoms. The molecule has 2 aliphatic rings. The van der Waals surface area contributed by atoms with Gasteiger partial charge in [0.25, 0.3) is 0 Å². The number of aromatic amines is 1. The Morgan fingerprint density at radius 1 is 1.05 bits per heavy atom. The summed E-state index contributed by atoms with van der Waals surface area (Å²) in [5, 5.41) is 1.14. The lowest BCUT2D eigenvalue weighted by atomic mass is 9.77. The number of nitrogens with one attached hydrogen (secondary N) is 1. The van der Waals surface area contributed by atoms with Crippen molar-refractivity contribution in [2.24, 2.45) is 0 Å². The molecule has 2 aliphatic heterocycles. The van der Waals surface area contributed by atoms with Crippen LogP contribution >= 0.6 is 11.6 Å². The van der Waals surface area contributed by atoms with Crippen LogP contribution in [0, 0.1) is 18.6 Å². The Labute approximate surface area is 244 Å². The van der Waals surface area contributed by atoms with E-state index in [0.717, 1.165) is 23.2 Å². The number of H-pyrrole nitrogens is 1. The number of fused-ring (bicyclic) bond motifs is 3. The van der Waals surface area contributed by atoms with Gasteiger partial charge >= 0.3 is 13.3 Å². The summed E-state index contributed by atoms with van der Waals surface area (Å²) in [6.45, 7) is 9.25. The normalized spacial score (nSPS) is 19.9. The fourth-order valence-electron chi connectivity index (χ4n) is 5.59. The number of benzene rings is 2. The maximum Gasteiger partial charge on any atom is 0.497 e. The summed E-state index contributed by atoms with van der Waals surface area (Å²) >= 11 is 6.57. The first-order valence-electron chi connectivity index (χ1n) is 13.4. The molecule has 0 saturated carbocycles. The molecule has 4 heterocycles. The predicted molar refractivity (Wildman–Crippen MR) is 150 cm³/mol. The van der Waals surface area contributed by atoms with Crippen molar-refractivity contribution in [2.75, 3.05) is 11.4 Å². The third-order valence-corrected chi connectivity index (χ3v) is 8.75. The van der Waals surface area contributed by atoms with E-state index in [1.165, 1.54) is 24.0 Å². The molecule has 0 aliphatic carbocycles. The zero-order chi connectivity index (χ0) is 30.4. The molecule has 6 rings (SSSR count). The van der Waals surface area contributed by atoms with Crippen molar-refractivity contribution in [3.63, 3.8) is 0 Å². The molecule has 0 radical (unpaired) electrons. The highest BCUT2D eigenvalue weighted by molar-refractivity contribution is 6.65. The molecular weight excluding hydrogens is 578 g/mol. The van der Waals surface area contributed by atoms with Crippen molar-refractivity contribution in [1.29, 1.82) is 0 Å². The van der Waals surface area contributed by atoms with Gasteiger partial charge in [0.05, 0.1) is 11.2 Å². The summed E-state index contributed by atoms with van der Waals surface area (Å²) in [4.78, 5) is 12.7. The van der Waals surface area contributed by atoms with Gasteiger partial charge in [0.15, 0.2) is 11.6 Å². The Hall–Kier alpha value is -3.22. The van der Waals surface area contributed by atoms with Crippen molar-refractivity contribution in [3.05, 3.63) is 81.3 Å². The number of halogens is 6. The third kappa shape index (κ3) is 4.55. The Morgan fingerprint density at radius 2 is 1.74 bits per heavy atom. The fourth-order valence-corrected chi connectivity index (χ4v) is 5.82. The minimum atomic E-state index is -4.72. The smallest absolute Gasteiger partial charge is 0.399 e. The van der Waals surface area contributed by atoms with Crippen molar-refractivity contribution in [1.82, 2.24) is 15.0 Å². The molecule has 4 aromatic rings. The number of hydrogen-bond acceptors (Lipinski definition) is 5. The summed E-state index contributed by atoms with van der Waals surface area (Å²) in [6.07, 6.45) is -3.37. The first kappa shape index (κ1) is 28.9. The Kier molecular flexibility index (Phi) is 6.64. The van der Waals surface area contributed by atoms with Gasteiger partial charge in [-0.1, -0.05) is 23.7 Å². The van der Waals surface area contributed by atoms with E-state index >= 15 is 4.39 Å². The largest absolute Gasteiger partial charge is 0.497 e. The highest BCUT2D eigenvalue weighted by Crippen LogP contribution is 2.43. The maximum atomic E-state index is 15.6. The summed E-state index contributed by atoms with van der Waals surface area (Å²) in [5.41, 5.74) is 0.0602. The molecule has 42 heavy (non-hydrogen) atoms. The van der Waals surface area contributed by atoms with Gasteiger partial charge in [0.2, 0.25) is 5.95 Å². The SMILES string of the molecule is Cc1ccc(C2c3[nH]c4c(B5OC(C)(C)C(C)(C)O5)cc(Cl)cc4c3CCN2c2nccc(C(F)(F)F)n2)c(F)c1F. The molecule has 1 fully saturated rings. The van der Waals surface area contributed by atoms with Gasteiger partial charge in [-0.25, -0.2) is 18.7 Å². The second kappa shape index (κ2) is 9.65. The molecule has 0 amide bonds. The Bertz CT molecular complexity index is 1710. The van der Waals surface area contributed by atoms with Crippen LogP contribution in [0.1, 0.15) is 61.8 Å². The van der Waals surface area contributed by atoms with E-state index in [0.29, 0.717) is 28.1 Å². The van der Waals surface area contributed by atoms with Crippen LogP contribution in [-0.4, -0.2) is 39.8 Å². The predicted octanol–water partition coefficient (Wildman–Crippen LogP) is 6.67. The van der Waals surface area contributed by atoms with Crippen LogP contribution in [-0.2, 0) is 21.9 Å². The highest BCUT2D eigenvalue weighted by Gasteiger charge is 2.52. The van der Waals surface area contributed by atoms with E-state index in [-0.39, 0.29) is 23.6 Å². The van der Waals surface area contributed by atoms with E-state index in [2.05, 4.69) is 15.0 Å². The highest BCUT2D eigenvalue weighted by atomic mass is 35.5. The number of alkyl halides is 3. The zero-order valence-electron chi connectivity index (χ0n) is 23.5. The second-order valence-corrected chi connectivity index (χ2v) is 12.1. The number of hydrogen-bond donors (Lipinski definition) is 1. The van der Waals surface area contributed by atoms with E-state index < -0.39 is 47.9 Å². The van der Waals surface area contributed by atoms with E-state index in [1.807, 2.05) is 27.7 Å². The van der Waals surface area contributed by atoms with Crippen molar-refractivity contribution < 1.29 is 31.3 Å². The van der Waals surface area contributed by atoms with Crippen LogP contribution in [0.5, 0.6) is 0 Å². The van der Waals surface area contributed by atoms with Gasteiger partial charge in [-0.3, -0.25) is 0 Å². The van der Waals surface area contributed by atoms with Gasteiger partial charge in [0, 0.05) is 45.4 Å². The monoisotopic (exact) mass is 604 g/mol. The molecule has 220 valence electrons. The number of nitrogens with zero attached hydrogens (tertiary/aromatic N) is 3. The average Bonchev–Trinajstić information content (AvgIpc) is 3.38. The number of aryl methyl sites for hydroxylation is 1. The van der Waals surface area contributed by atoms with Crippen LogP contribution in [0.25, 0.3) is 10.9 Å². The molecule has 2 aromatic carbocycles. The summed E-state index contributed by atoms with van der Waals surface area (Å²) in [6, 6.07) is 6.04. The number of anilines is 1. The number of rotatable bonds is 3. The average molecular weight is 605 g/mol. The number of aromatic nitrogens is 3. The minimum Gasteiger partial charge on any atom is -0.399 e. The molecule has 2 aromatic heterocycles. The third-order valence-electron chi connectivity index (χ3n) is 8.53. The quantitative estimate of drug-likeness (QED) is 0.209. The summed E-state index contributed by atoms with van der Waals surface area (Å²) in [5.74, 6) is -2.40. The topological polar surface area (TPSA) is 63.3 Å². The van der Waals surface area contributed by atoms with Crippen LogP contribution in [0.4, 0.5) is 27.9 Å². The van der Waals surface area contributed by atoms with Crippen molar-refractivity contribution in [3.8, 4) is 0 Å². The minimum absolute atomic E-state index is 0.0742. The molecular formula is C29H27BClF5N4O2. The van der Waals surface area contributed by atoms with E-state index in [4.69, 9.17) is 20.9 Å². The maximum absolute atomic E-state index is 15.6. The summed E-state index contributed by atoms with van der Waals surface area (Å²) in [7, 11) is -0.786. The standard InChI is InChI=1S/C29H27BClF5N4O2/c1-14-6-7-17(22(33)21(14)32)25-24-16(9-11-40(25)26-37-10-8-20(38-26)29(34,35)36)18-12-15(31)13-19(23(18)39-24)30-41-27(2,3)28(4,5)42-30/h6-8,10,12-13,25,39H,9,11H2,1-5H3. The lowest BCUT2D eigenvalue weighted by Crippen LogP contribution is -2.41. The van der Waals surface area contributed by atoms with Gasteiger partial charge in [-0.15, -0.1) is 0 Å². The van der Waals surface area contributed by atoms with Crippen LogP contribution in [0.3, 0.4) is 0 Å². The van der Waals surface area contributed by atoms with Crippen molar-refractivity contribution >= 4 is 41.0 Å². The first-order chi connectivity index (χ1) is 19.6. The molecule has 1 N–H and O–H groups in total. The molecule has 13 heteroatoms.